The molecule has 7 heteroatoms. The Labute approximate surface area is 116 Å². The predicted octanol–water partition coefficient (Wildman–Crippen LogP) is 3.95. The van der Waals surface area contributed by atoms with Crippen molar-refractivity contribution >= 4 is 5.71 Å². The first-order chi connectivity index (χ1) is 9.32. The minimum absolute atomic E-state index is 0.121. The molecule has 112 valence electrons. The van der Waals surface area contributed by atoms with Crippen molar-refractivity contribution in [3.63, 3.8) is 0 Å². The van der Waals surface area contributed by atoms with Gasteiger partial charge in [0.1, 0.15) is 12.5 Å². The van der Waals surface area contributed by atoms with Crippen molar-refractivity contribution in [3.05, 3.63) is 0 Å². The standard InChI is InChI=1S/C13H18F3N3O/c1-3-4-5-11(19-20-2)8-12(9-17,10-18)6-7-13(14,15)16/h3-8H2,1-2H3. The highest BCUT2D eigenvalue weighted by molar-refractivity contribution is 5.85. The molecule has 0 aromatic heterocycles. The maximum atomic E-state index is 12.3. The molecule has 0 atom stereocenters. The molecule has 0 saturated carbocycles. The van der Waals surface area contributed by atoms with E-state index in [2.05, 4.69) is 9.99 Å². The predicted molar refractivity (Wildman–Crippen MR) is 67.5 cm³/mol. The lowest BCUT2D eigenvalue weighted by molar-refractivity contribution is -0.138. The van der Waals surface area contributed by atoms with Crippen LogP contribution >= 0.6 is 0 Å². The van der Waals surface area contributed by atoms with Crippen molar-refractivity contribution in [1.29, 1.82) is 10.5 Å². The van der Waals surface area contributed by atoms with E-state index in [1.807, 2.05) is 6.92 Å². The van der Waals surface area contributed by atoms with E-state index in [1.54, 1.807) is 12.1 Å². The van der Waals surface area contributed by atoms with Gasteiger partial charge in [0, 0.05) is 12.8 Å². The summed E-state index contributed by atoms with van der Waals surface area (Å²) in [7, 11) is 1.32. The zero-order valence-corrected chi connectivity index (χ0v) is 11.6. The maximum Gasteiger partial charge on any atom is 0.389 e. The van der Waals surface area contributed by atoms with Gasteiger partial charge in [0.2, 0.25) is 0 Å². The summed E-state index contributed by atoms with van der Waals surface area (Å²) >= 11 is 0. The molecular formula is C13H18F3N3O. The van der Waals surface area contributed by atoms with Gasteiger partial charge in [-0.15, -0.1) is 0 Å². The van der Waals surface area contributed by atoms with Gasteiger partial charge in [-0.25, -0.2) is 0 Å². The fourth-order valence-corrected chi connectivity index (χ4v) is 1.68. The van der Waals surface area contributed by atoms with Gasteiger partial charge in [-0.1, -0.05) is 18.5 Å². The third kappa shape index (κ3) is 6.98. The van der Waals surface area contributed by atoms with E-state index in [9.17, 15) is 13.2 Å². The van der Waals surface area contributed by atoms with Crippen LogP contribution in [0.1, 0.15) is 45.4 Å². The van der Waals surface area contributed by atoms with Crippen molar-refractivity contribution < 1.29 is 18.0 Å². The van der Waals surface area contributed by atoms with Crippen LogP contribution in [0.25, 0.3) is 0 Å². The van der Waals surface area contributed by atoms with Crippen molar-refractivity contribution in [3.8, 4) is 12.1 Å². The first-order valence-corrected chi connectivity index (χ1v) is 6.30. The lowest BCUT2D eigenvalue weighted by atomic mass is 9.80. The third-order valence-electron chi connectivity index (χ3n) is 2.81. The lowest BCUT2D eigenvalue weighted by Crippen LogP contribution is -2.24. The van der Waals surface area contributed by atoms with Crippen LogP contribution in [0, 0.1) is 28.1 Å². The smallest absolute Gasteiger partial charge is 0.389 e. The van der Waals surface area contributed by atoms with Crippen LogP contribution in [0.2, 0.25) is 0 Å². The molecule has 0 saturated heterocycles. The molecule has 4 nitrogen and oxygen atoms in total. The van der Waals surface area contributed by atoms with E-state index in [4.69, 9.17) is 10.5 Å². The number of nitriles is 2. The lowest BCUT2D eigenvalue weighted by Gasteiger charge is -2.20. The Kier molecular flexibility index (Phi) is 7.68. The minimum atomic E-state index is -4.39. The third-order valence-corrected chi connectivity index (χ3v) is 2.81. The van der Waals surface area contributed by atoms with Crippen molar-refractivity contribution in [2.24, 2.45) is 10.6 Å². The van der Waals surface area contributed by atoms with E-state index in [-0.39, 0.29) is 6.42 Å². The number of nitrogens with zero attached hydrogens (tertiary/aromatic N) is 3. The van der Waals surface area contributed by atoms with E-state index >= 15 is 0 Å². The van der Waals surface area contributed by atoms with Crippen LogP contribution in [-0.4, -0.2) is 19.0 Å². The molecular weight excluding hydrogens is 271 g/mol. The van der Waals surface area contributed by atoms with Crippen molar-refractivity contribution in [2.45, 2.75) is 51.6 Å². The number of hydrogen-bond donors (Lipinski definition) is 0. The van der Waals surface area contributed by atoms with E-state index in [0.717, 1.165) is 12.8 Å². The Hall–Kier alpha value is -1.76. The topological polar surface area (TPSA) is 69.2 Å². The summed E-state index contributed by atoms with van der Waals surface area (Å²) in [5, 5.41) is 21.9. The SMILES string of the molecule is CCCCC(CC(C#N)(C#N)CCC(F)(F)F)=NOC. The van der Waals surface area contributed by atoms with Crippen LogP contribution < -0.4 is 0 Å². The minimum Gasteiger partial charge on any atom is -0.399 e. The molecule has 0 unspecified atom stereocenters. The molecule has 0 rings (SSSR count). The zero-order valence-electron chi connectivity index (χ0n) is 11.6. The molecule has 0 aliphatic rings. The van der Waals surface area contributed by atoms with Gasteiger partial charge in [-0.2, -0.15) is 23.7 Å². The number of oxime groups is 1. The molecule has 0 aromatic rings. The zero-order chi connectivity index (χ0) is 15.6. The van der Waals surface area contributed by atoms with Crippen LogP contribution in [0.4, 0.5) is 13.2 Å². The molecule has 0 amide bonds. The Balaban J connectivity index is 4.94. The Morgan fingerprint density at radius 2 is 1.80 bits per heavy atom. The average molecular weight is 289 g/mol. The number of hydrogen-bond acceptors (Lipinski definition) is 4. The largest absolute Gasteiger partial charge is 0.399 e. The van der Waals surface area contributed by atoms with Gasteiger partial charge in [0.25, 0.3) is 0 Å². The Morgan fingerprint density at radius 1 is 1.20 bits per heavy atom. The second-order valence-electron chi connectivity index (χ2n) is 4.54. The van der Waals surface area contributed by atoms with Gasteiger partial charge in [-0.3, -0.25) is 0 Å². The fraction of sp³-hybridized carbons (Fsp3) is 0.769. The van der Waals surface area contributed by atoms with Crippen LogP contribution in [0.15, 0.2) is 5.16 Å². The Morgan fingerprint density at radius 3 is 2.20 bits per heavy atom. The van der Waals surface area contributed by atoms with Gasteiger partial charge in [-0.05, 0) is 19.3 Å². The molecule has 0 aliphatic carbocycles. The monoisotopic (exact) mass is 289 g/mol. The fourth-order valence-electron chi connectivity index (χ4n) is 1.68. The average Bonchev–Trinajstić information content (AvgIpc) is 2.40. The number of alkyl halides is 3. The van der Waals surface area contributed by atoms with Crippen LogP contribution in [0.3, 0.4) is 0 Å². The van der Waals surface area contributed by atoms with Gasteiger partial charge >= 0.3 is 6.18 Å². The molecule has 0 heterocycles. The highest BCUT2D eigenvalue weighted by atomic mass is 19.4. The molecule has 0 aliphatic heterocycles. The first-order valence-electron chi connectivity index (χ1n) is 6.30. The summed E-state index contributed by atoms with van der Waals surface area (Å²) in [5.74, 6) is 0. The second kappa shape index (κ2) is 8.42. The van der Waals surface area contributed by atoms with Crippen LogP contribution in [0.5, 0.6) is 0 Å². The molecule has 20 heavy (non-hydrogen) atoms. The summed E-state index contributed by atoms with van der Waals surface area (Å²) in [6, 6.07) is 3.41. The summed E-state index contributed by atoms with van der Waals surface area (Å²) in [5.41, 5.74) is -1.26. The highest BCUT2D eigenvalue weighted by Gasteiger charge is 2.38. The van der Waals surface area contributed by atoms with E-state index < -0.39 is 24.4 Å². The summed E-state index contributed by atoms with van der Waals surface area (Å²) in [6.07, 6.45) is -4.08. The van der Waals surface area contributed by atoms with E-state index in [1.165, 1.54) is 7.11 Å². The number of unbranched alkanes of at least 4 members (excludes halogenated alkanes) is 1. The molecule has 0 N–H and O–H groups in total. The quantitative estimate of drug-likeness (QED) is 0.502. The maximum absolute atomic E-state index is 12.3. The van der Waals surface area contributed by atoms with Crippen LogP contribution in [-0.2, 0) is 4.84 Å². The van der Waals surface area contributed by atoms with Gasteiger partial charge in [0.15, 0.2) is 0 Å². The number of halogens is 3. The van der Waals surface area contributed by atoms with Gasteiger partial charge < -0.3 is 4.84 Å². The highest BCUT2D eigenvalue weighted by Crippen LogP contribution is 2.33. The Bertz CT molecular complexity index is 391. The summed E-state index contributed by atoms with van der Waals surface area (Å²) in [6.45, 7) is 1.95. The molecule has 0 bridgehead atoms. The normalized spacial score (nSPS) is 12.7. The van der Waals surface area contributed by atoms with Crippen molar-refractivity contribution in [1.82, 2.24) is 0 Å². The molecule has 0 fully saturated rings. The number of rotatable bonds is 8. The molecule has 0 spiro atoms. The summed E-state index contributed by atoms with van der Waals surface area (Å²) in [4.78, 5) is 4.63. The van der Waals surface area contributed by atoms with E-state index in [0.29, 0.717) is 12.1 Å². The molecule has 0 aromatic carbocycles. The van der Waals surface area contributed by atoms with Gasteiger partial charge in [0.05, 0.1) is 17.9 Å². The second-order valence-corrected chi connectivity index (χ2v) is 4.54. The van der Waals surface area contributed by atoms with Crippen molar-refractivity contribution in [2.75, 3.05) is 7.11 Å². The first kappa shape index (κ1) is 18.2. The summed E-state index contributed by atoms with van der Waals surface area (Å²) < 4.78 is 36.8. The molecule has 0 radical (unpaired) electrons.